The highest BCUT2D eigenvalue weighted by molar-refractivity contribution is 7.12. The molecule has 0 spiro atoms. The number of H-pyrrole nitrogens is 1. The molecular weight excluding hydrogens is 468 g/mol. The molecule has 3 N–H and O–H groups in total. The summed E-state index contributed by atoms with van der Waals surface area (Å²) in [5.41, 5.74) is 3.49. The molecule has 4 aromatic heterocycles. The minimum Gasteiger partial charge on any atom is -0.504 e. The Hall–Kier alpha value is -4.31. The Morgan fingerprint density at radius 2 is 1.94 bits per heavy atom. The average molecular weight is 491 g/mol. The van der Waals surface area contributed by atoms with Gasteiger partial charge in [-0.15, -0.1) is 11.3 Å². The monoisotopic (exact) mass is 490 g/mol. The molecule has 0 amide bonds. The van der Waals surface area contributed by atoms with Gasteiger partial charge in [0.25, 0.3) is 0 Å². The van der Waals surface area contributed by atoms with Gasteiger partial charge in [0.2, 0.25) is 11.2 Å². The highest BCUT2D eigenvalue weighted by Crippen LogP contribution is 2.40. The van der Waals surface area contributed by atoms with Crippen LogP contribution in [0.25, 0.3) is 39.2 Å². The van der Waals surface area contributed by atoms with Gasteiger partial charge in [0, 0.05) is 40.2 Å². The fraction of sp³-hybridized carbons (Fsp3) is 0.160. The van der Waals surface area contributed by atoms with Crippen LogP contribution in [0.5, 0.6) is 17.2 Å². The fourth-order valence-corrected chi connectivity index (χ4v) is 4.85. The molecule has 0 unspecified atom stereocenters. The molecule has 5 rings (SSSR count). The molecule has 5 aromatic rings. The average Bonchev–Trinajstić information content (AvgIpc) is 3.56. The van der Waals surface area contributed by atoms with E-state index in [1.807, 2.05) is 29.9 Å². The molecule has 0 saturated carbocycles. The van der Waals surface area contributed by atoms with Crippen molar-refractivity contribution >= 4 is 11.3 Å². The lowest BCUT2D eigenvalue weighted by Crippen LogP contribution is -2.01. The number of aromatic amines is 1. The number of thiazole rings is 1. The number of hydrogen-bond acceptors (Lipinski definition) is 8. The molecule has 0 atom stereocenters. The number of benzene rings is 1. The number of aryl methyl sites for hydroxylation is 2. The molecule has 1 aromatic carbocycles. The van der Waals surface area contributed by atoms with Crippen LogP contribution in [0.3, 0.4) is 0 Å². The maximum Gasteiger partial charge on any atom is 0.227 e. The van der Waals surface area contributed by atoms with Crippen molar-refractivity contribution in [2.45, 2.75) is 20.8 Å². The zero-order valence-electron chi connectivity index (χ0n) is 19.4. The van der Waals surface area contributed by atoms with Crippen LogP contribution < -0.4 is 10.2 Å². The number of aromatic nitrogens is 4. The Balaban J connectivity index is 1.77. The standard InChI is InChI=1S/C25H22N4O5S/c1-12-9-16(14(3)29(12)25-26-7-8-35-25)24-27-20(15-5-6-17(30)19(11-15)33-4)21(28-24)23-22(32)18(31)10-13(2)34-23/h5-11,30,32H,1-4H3,(H,27,28). The van der Waals surface area contributed by atoms with E-state index in [1.165, 1.54) is 30.6 Å². The molecule has 9 nitrogen and oxygen atoms in total. The first-order valence-electron chi connectivity index (χ1n) is 10.7. The fourth-order valence-electron chi connectivity index (χ4n) is 4.10. The number of imidazole rings is 1. The van der Waals surface area contributed by atoms with Crippen molar-refractivity contribution in [2.75, 3.05) is 7.11 Å². The second kappa shape index (κ2) is 8.48. The number of phenolic OH excluding ortho intramolecular Hbond substituents is 1. The first-order valence-corrected chi connectivity index (χ1v) is 11.6. The Kier molecular flexibility index (Phi) is 5.45. The molecule has 0 fully saturated rings. The molecule has 0 bridgehead atoms. The zero-order valence-corrected chi connectivity index (χ0v) is 20.2. The molecule has 0 radical (unpaired) electrons. The molecule has 4 heterocycles. The van der Waals surface area contributed by atoms with E-state index in [0.29, 0.717) is 28.5 Å². The predicted molar refractivity (Wildman–Crippen MR) is 133 cm³/mol. The zero-order chi connectivity index (χ0) is 24.9. The minimum absolute atomic E-state index is 0.0227. The van der Waals surface area contributed by atoms with E-state index in [0.717, 1.165) is 22.1 Å². The van der Waals surface area contributed by atoms with E-state index in [1.54, 1.807) is 25.3 Å². The molecule has 35 heavy (non-hydrogen) atoms. The van der Waals surface area contributed by atoms with Crippen molar-refractivity contribution in [1.29, 1.82) is 0 Å². The molecule has 0 aliphatic heterocycles. The summed E-state index contributed by atoms with van der Waals surface area (Å²) in [5.74, 6) is 0.549. The van der Waals surface area contributed by atoms with Gasteiger partial charge < -0.3 is 24.4 Å². The molecule has 0 aliphatic rings. The van der Waals surface area contributed by atoms with E-state index < -0.39 is 11.2 Å². The third kappa shape index (κ3) is 3.77. The van der Waals surface area contributed by atoms with Crippen LogP contribution in [0, 0.1) is 20.8 Å². The topological polar surface area (TPSA) is 126 Å². The maximum atomic E-state index is 12.3. The Bertz CT molecular complexity index is 1610. The predicted octanol–water partition coefficient (Wildman–Crippen LogP) is 4.96. The van der Waals surface area contributed by atoms with Gasteiger partial charge in [-0.1, -0.05) is 0 Å². The number of hydrogen-bond donors (Lipinski definition) is 3. The molecule has 10 heteroatoms. The molecular formula is C25H22N4O5S. The summed E-state index contributed by atoms with van der Waals surface area (Å²) in [6.07, 6.45) is 1.75. The number of methoxy groups -OCH3 is 1. The summed E-state index contributed by atoms with van der Waals surface area (Å²) in [4.78, 5) is 24.8. The van der Waals surface area contributed by atoms with Crippen LogP contribution in [0.1, 0.15) is 17.1 Å². The first kappa shape index (κ1) is 22.5. The van der Waals surface area contributed by atoms with Crippen LogP contribution in [-0.2, 0) is 0 Å². The first-order chi connectivity index (χ1) is 16.8. The largest absolute Gasteiger partial charge is 0.504 e. The molecule has 0 saturated heterocycles. The Morgan fingerprint density at radius 1 is 1.14 bits per heavy atom. The molecule has 178 valence electrons. The number of nitrogens with one attached hydrogen (secondary N) is 1. The van der Waals surface area contributed by atoms with E-state index in [2.05, 4.69) is 9.97 Å². The number of nitrogens with zero attached hydrogens (tertiary/aromatic N) is 3. The lowest BCUT2D eigenvalue weighted by Gasteiger charge is -2.08. The van der Waals surface area contributed by atoms with Gasteiger partial charge in [-0.2, -0.15) is 0 Å². The van der Waals surface area contributed by atoms with E-state index >= 15 is 0 Å². The number of phenols is 1. The minimum atomic E-state index is -0.559. The van der Waals surface area contributed by atoms with Crippen molar-refractivity contribution in [3.8, 4) is 56.5 Å². The Morgan fingerprint density at radius 3 is 2.66 bits per heavy atom. The van der Waals surface area contributed by atoms with Crippen LogP contribution >= 0.6 is 11.3 Å². The van der Waals surface area contributed by atoms with Gasteiger partial charge in [0.05, 0.1) is 7.11 Å². The van der Waals surface area contributed by atoms with Crippen LogP contribution in [0.2, 0.25) is 0 Å². The smallest absolute Gasteiger partial charge is 0.227 e. The summed E-state index contributed by atoms with van der Waals surface area (Å²) >= 11 is 1.53. The van der Waals surface area contributed by atoms with Crippen molar-refractivity contribution in [2.24, 2.45) is 0 Å². The summed E-state index contributed by atoms with van der Waals surface area (Å²) in [5, 5.41) is 23.4. The lowest BCUT2D eigenvalue weighted by atomic mass is 10.1. The van der Waals surface area contributed by atoms with Gasteiger partial charge >= 0.3 is 0 Å². The second-order valence-corrected chi connectivity index (χ2v) is 8.90. The highest BCUT2D eigenvalue weighted by atomic mass is 32.1. The number of ether oxygens (including phenoxy) is 1. The van der Waals surface area contributed by atoms with Gasteiger partial charge in [0.1, 0.15) is 23.0 Å². The van der Waals surface area contributed by atoms with Gasteiger partial charge in [-0.3, -0.25) is 9.36 Å². The summed E-state index contributed by atoms with van der Waals surface area (Å²) < 4.78 is 13.1. The SMILES string of the molecule is COc1cc(-c2nc(-c3cc(C)n(-c4nccs4)c3C)[nH]c2-c2oc(C)cc(=O)c2O)ccc1O. The quantitative estimate of drug-likeness (QED) is 0.318. The third-order valence-electron chi connectivity index (χ3n) is 5.73. The maximum absolute atomic E-state index is 12.3. The van der Waals surface area contributed by atoms with Crippen LogP contribution in [-0.4, -0.2) is 36.8 Å². The van der Waals surface area contributed by atoms with Crippen LogP contribution in [0.4, 0.5) is 0 Å². The second-order valence-electron chi connectivity index (χ2n) is 8.03. The summed E-state index contributed by atoms with van der Waals surface area (Å²) in [7, 11) is 1.45. The van der Waals surface area contributed by atoms with Crippen molar-refractivity contribution < 1.29 is 19.4 Å². The summed E-state index contributed by atoms with van der Waals surface area (Å²) in [6, 6.07) is 8.01. The molecule has 0 aliphatic carbocycles. The van der Waals surface area contributed by atoms with Crippen molar-refractivity contribution in [3.05, 3.63) is 69.3 Å². The Labute approximate surface area is 203 Å². The van der Waals surface area contributed by atoms with E-state index in [4.69, 9.17) is 14.1 Å². The highest BCUT2D eigenvalue weighted by Gasteiger charge is 2.24. The van der Waals surface area contributed by atoms with Gasteiger partial charge in [-0.25, -0.2) is 9.97 Å². The van der Waals surface area contributed by atoms with Gasteiger partial charge in [-0.05, 0) is 45.0 Å². The van der Waals surface area contributed by atoms with Crippen LogP contribution in [0.15, 0.2) is 51.1 Å². The van der Waals surface area contributed by atoms with E-state index in [-0.39, 0.29) is 17.3 Å². The number of aromatic hydroxyl groups is 2. The number of rotatable bonds is 5. The van der Waals surface area contributed by atoms with E-state index in [9.17, 15) is 15.0 Å². The summed E-state index contributed by atoms with van der Waals surface area (Å²) in [6.45, 7) is 5.59. The normalized spacial score (nSPS) is 11.2. The van der Waals surface area contributed by atoms with Crippen molar-refractivity contribution in [3.63, 3.8) is 0 Å². The third-order valence-corrected chi connectivity index (χ3v) is 6.48. The van der Waals surface area contributed by atoms with Gasteiger partial charge in [0.15, 0.2) is 22.4 Å². The van der Waals surface area contributed by atoms with Crippen molar-refractivity contribution in [1.82, 2.24) is 19.5 Å². The lowest BCUT2D eigenvalue weighted by molar-refractivity contribution is 0.373.